The molecule has 4 nitrogen and oxygen atoms in total. The molecule has 2 atom stereocenters. The molecule has 3 rings (SSSR count). The second-order valence-corrected chi connectivity index (χ2v) is 6.56. The Kier molecular flexibility index (Phi) is 4.21. The predicted octanol–water partition coefficient (Wildman–Crippen LogP) is 3.53. The van der Waals surface area contributed by atoms with E-state index in [1.54, 1.807) is 0 Å². The maximum absolute atomic E-state index is 6.20. The van der Waals surface area contributed by atoms with Gasteiger partial charge in [-0.3, -0.25) is 4.90 Å². The van der Waals surface area contributed by atoms with Crippen molar-refractivity contribution in [1.82, 2.24) is 14.7 Å². The molecule has 2 N–H and O–H groups in total. The zero-order valence-electron chi connectivity index (χ0n) is 13.8. The summed E-state index contributed by atoms with van der Waals surface area (Å²) in [6.07, 6.45) is 3.88. The number of nitrogen functional groups attached to an aromatic ring is 1. The van der Waals surface area contributed by atoms with Crippen LogP contribution >= 0.6 is 0 Å². The molecule has 118 valence electrons. The summed E-state index contributed by atoms with van der Waals surface area (Å²) in [5.41, 5.74) is 9.50. The van der Waals surface area contributed by atoms with Gasteiger partial charge in [-0.1, -0.05) is 24.6 Å². The van der Waals surface area contributed by atoms with Gasteiger partial charge in [0.2, 0.25) is 0 Å². The van der Waals surface area contributed by atoms with Crippen molar-refractivity contribution in [3.8, 4) is 5.69 Å². The number of aromatic nitrogens is 2. The van der Waals surface area contributed by atoms with Gasteiger partial charge in [-0.25, -0.2) is 4.68 Å². The molecule has 0 saturated carbocycles. The van der Waals surface area contributed by atoms with Gasteiger partial charge >= 0.3 is 0 Å². The molecule has 1 aliphatic heterocycles. The quantitative estimate of drug-likeness (QED) is 0.943. The van der Waals surface area contributed by atoms with Crippen molar-refractivity contribution in [2.75, 3.05) is 5.73 Å². The Morgan fingerprint density at radius 1 is 1.18 bits per heavy atom. The molecule has 2 aromatic rings. The highest BCUT2D eigenvalue weighted by Crippen LogP contribution is 2.25. The molecule has 0 bridgehead atoms. The van der Waals surface area contributed by atoms with Gasteiger partial charge in [0.1, 0.15) is 5.82 Å². The maximum Gasteiger partial charge on any atom is 0.127 e. The molecule has 2 heterocycles. The minimum atomic E-state index is 0.619. The number of nitrogens with two attached hydrogens (primary N) is 1. The Labute approximate surface area is 132 Å². The average molecular weight is 298 g/mol. The summed E-state index contributed by atoms with van der Waals surface area (Å²) in [6.45, 7) is 7.60. The lowest BCUT2D eigenvalue weighted by Gasteiger charge is -2.38. The first-order chi connectivity index (χ1) is 10.6. The third-order valence-electron chi connectivity index (χ3n) is 4.85. The summed E-state index contributed by atoms with van der Waals surface area (Å²) in [5.74, 6) is 0.710. The van der Waals surface area contributed by atoms with Crippen molar-refractivity contribution >= 4 is 5.82 Å². The highest BCUT2D eigenvalue weighted by molar-refractivity contribution is 5.47. The van der Waals surface area contributed by atoms with E-state index in [9.17, 15) is 0 Å². The number of likely N-dealkylation sites (tertiary alicyclic amines) is 1. The van der Waals surface area contributed by atoms with Crippen molar-refractivity contribution in [3.05, 3.63) is 41.6 Å². The molecule has 1 fully saturated rings. The topological polar surface area (TPSA) is 47.1 Å². The summed E-state index contributed by atoms with van der Waals surface area (Å²) in [6, 6.07) is 11.5. The van der Waals surface area contributed by atoms with Crippen molar-refractivity contribution in [1.29, 1.82) is 0 Å². The van der Waals surface area contributed by atoms with E-state index in [0.717, 1.165) is 17.9 Å². The molecule has 22 heavy (non-hydrogen) atoms. The van der Waals surface area contributed by atoms with Crippen molar-refractivity contribution in [3.63, 3.8) is 0 Å². The second-order valence-electron chi connectivity index (χ2n) is 6.56. The van der Waals surface area contributed by atoms with Gasteiger partial charge in [0.15, 0.2) is 0 Å². The average Bonchev–Trinajstić information content (AvgIpc) is 2.84. The molecule has 0 radical (unpaired) electrons. The minimum Gasteiger partial charge on any atom is -0.384 e. The molecular formula is C18H26N4. The molecule has 1 aromatic heterocycles. The SMILES string of the molecule is Cc1ccccc1-n1nc(CN2C(C)CCCC2C)cc1N. The Morgan fingerprint density at radius 3 is 2.55 bits per heavy atom. The number of hydrogen-bond acceptors (Lipinski definition) is 3. The van der Waals surface area contributed by atoms with E-state index >= 15 is 0 Å². The molecule has 0 aliphatic carbocycles. The maximum atomic E-state index is 6.20. The number of rotatable bonds is 3. The van der Waals surface area contributed by atoms with Gasteiger partial charge in [-0.05, 0) is 45.2 Å². The lowest BCUT2D eigenvalue weighted by atomic mass is 9.97. The first kappa shape index (κ1) is 15.1. The van der Waals surface area contributed by atoms with Gasteiger partial charge in [0, 0.05) is 24.7 Å². The number of anilines is 1. The number of para-hydroxylation sites is 1. The van der Waals surface area contributed by atoms with Gasteiger partial charge < -0.3 is 5.73 Å². The fraction of sp³-hybridized carbons (Fsp3) is 0.500. The van der Waals surface area contributed by atoms with E-state index in [2.05, 4.69) is 37.8 Å². The minimum absolute atomic E-state index is 0.619. The molecule has 1 saturated heterocycles. The van der Waals surface area contributed by atoms with Crippen LogP contribution in [0.3, 0.4) is 0 Å². The Hall–Kier alpha value is -1.81. The van der Waals surface area contributed by atoms with E-state index < -0.39 is 0 Å². The van der Waals surface area contributed by atoms with Crippen molar-refractivity contribution < 1.29 is 0 Å². The molecule has 4 heteroatoms. The normalized spacial score (nSPS) is 22.9. The van der Waals surface area contributed by atoms with E-state index in [4.69, 9.17) is 10.8 Å². The highest BCUT2D eigenvalue weighted by atomic mass is 15.3. The number of piperidine rings is 1. The monoisotopic (exact) mass is 298 g/mol. The lowest BCUT2D eigenvalue weighted by molar-refractivity contribution is 0.0937. The Bertz CT molecular complexity index is 636. The molecular weight excluding hydrogens is 272 g/mol. The Morgan fingerprint density at radius 2 is 1.86 bits per heavy atom. The van der Waals surface area contributed by atoms with Crippen LogP contribution in [0.25, 0.3) is 5.69 Å². The molecule has 0 amide bonds. The number of benzene rings is 1. The van der Waals surface area contributed by atoms with Crippen LogP contribution in [0.4, 0.5) is 5.82 Å². The number of nitrogens with zero attached hydrogens (tertiary/aromatic N) is 3. The van der Waals surface area contributed by atoms with Gasteiger partial charge in [0.05, 0.1) is 11.4 Å². The van der Waals surface area contributed by atoms with Gasteiger partial charge in [0.25, 0.3) is 0 Å². The van der Waals surface area contributed by atoms with Crippen molar-refractivity contribution in [2.45, 2.75) is 58.7 Å². The fourth-order valence-corrected chi connectivity index (χ4v) is 3.49. The lowest BCUT2D eigenvalue weighted by Crippen LogP contribution is -2.43. The summed E-state index contributed by atoms with van der Waals surface area (Å²) >= 11 is 0. The second kappa shape index (κ2) is 6.13. The molecule has 1 aliphatic rings. The standard InChI is InChI=1S/C18H26N4/c1-13-7-4-5-10-17(13)22-18(19)11-16(20-22)12-21-14(2)8-6-9-15(21)3/h4-5,7,10-11,14-15H,6,8-9,12,19H2,1-3H3. The summed E-state index contributed by atoms with van der Waals surface area (Å²) in [5, 5.41) is 4.75. The zero-order chi connectivity index (χ0) is 15.7. The third kappa shape index (κ3) is 2.88. The van der Waals surface area contributed by atoms with Crippen LogP contribution in [0.5, 0.6) is 0 Å². The molecule has 0 spiro atoms. The third-order valence-corrected chi connectivity index (χ3v) is 4.85. The summed E-state index contributed by atoms with van der Waals surface area (Å²) in [7, 11) is 0. The molecule has 1 aromatic carbocycles. The van der Waals surface area contributed by atoms with E-state index in [0.29, 0.717) is 17.9 Å². The van der Waals surface area contributed by atoms with Crippen LogP contribution in [0.15, 0.2) is 30.3 Å². The predicted molar refractivity (Wildman–Crippen MR) is 91.0 cm³/mol. The van der Waals surface area contributed by atoms with Crippen LogP contribution in [0.2, 0.25) is 0 Å². The van der Waals surface area contributed by atoms with Crippen LogP contribution in [0.1, 0.15) is 44.4 Å². The molecule has 2 unspecified atom stereocenters. The zero-order valence-corrected chi connectivity index (χ0v) is 13.8. The summed E-state index contributed by atoms with van der Waals surface area (Å²) < 4.78 is 1.87. The largest absolute Gasteiger partial charge is 0.384 e. The number of hydrogen-bond donors (Lipinski definition) is 1. The van der Waals surface area contributed by atoms with Crippen LogP contribution in [-0.2, 0) is 6.54 Å². The number of aryl methyl sites for hydroxylation is 1. The first-order valence-corrected chi connectivity index (χ1v) is 8.22. The fourth-order valence-electron chi connectivity index (χ4n) is 3.49. The van der Waals surface area contributed by atoms with E-state index in [1.807, 2.05) is 22.9 Å². The first-order valence-electron chi connectivity index (χ1n) is 8.22. The van der Waals surface area contributed by atoms with Gasteiger partial charge in [-0.15, -0.1) is 0 Å². The van der Waals surface area contributed by atoms with Crippen LogP contribution in [-0.4, -0.2) is 26.8 Å². The highest BCUT2D eigenvalue weighted by Gasteiger charge is 2.25. The van der Waals surface area contributed by atoms with E-state index in [1.165, 1.54) is 24.8 Å². The van der Waals surface area contributed by atoms with Crippen LogP contribution < -0.4 is 5.73 Å². The Balaban J connectivity index is 1.85. The van der Waals surface area contributed by atoms with Crippen LogP contribution in [0, 0.1) is 6.92 Å². The summed E-state index contributed by atoms with van der Waals surface area (Å²) in [4.78, 5) is 2.55. The van der Waals surface area contributed by atoms with E-state index in [-0.39, 0.29) is 0 Å². The smallest absolute Gasteiger partial charge is 0.127 e. The van der Waals surface area contributed by atoms with Gasteiger partial charge in [-0.2, -0.15) is 5.10 Å². The van der Waals surface area contributed by atoms with Crippen molar-refractivity contribution in [2.24, 2.45) is 0 Å².